The highest BCUT2D eigenvalue weighted by Crippen LogP contribution is 2.35. The maximum atomic E-state index is 10.4. The molecular formula is C9H5Br2N5O7. The van der Waals surface area contributed by atoms with Crippen molar-refractivity contribution in [2.24, 2.45) is 0 Å². The lowest BCUT2D eigenvalue weighted by molar-refractivity contribution is -0.395. The Balaban J connectivity index is 0.000000253. The Morgan fingerprint density at radius 2 is 1.04 bits per heavy atom. The fourth-order valence-electron chi connectivity index (χ4n) is 1.21. The van der Waals surface area contributed by atoms with Gasteiger partial charge in [-0.25, -0.2) is 14.4 Å². The topological polar surface area (TPSA) is 185 Å². The molecule has 0 aliphatic heterocycles. The number of halogens is 2. The minimum absolute atomic E-state index is 0.194. The zero-order chi connectivity index (χ0) is 17.7. The van der Waals surface area contributed by atoms with Crippen molar-refractivity contribution >= 4 is 43.2 Å². The Kier molecular flexibility index (Phi) is 6.09. The quantitative estimate of drug-likeness (QED) is 0.441. The van der Waals surface area contributed by atoms with Gasteiger partial charge in [0.15, 0.2) is 0 Å². The first-order valence-electron chi connectivity index (χ1n) is 5.32. The van der Waals surface area contributed by atoms with Gasteiger partial charge < -0.3 is 0 Å². The zero-order valence-corrected chi connectivity index (χ0v) is 13.8. The van der Waals surface area contributed by atoms with Crippen LogP contribution in [0.3, 0.4) is 0 Å². The van der Waals surface area contributed by atoms with Gasteiger partial charge in [0, 0.05) is 0 Å². The van der Waals surface area contributed by atoms with Crippen molar-refractivity contribution in [3.8, 4) is 0 Å². The normalized spacial score (nSPS) is 9.65. The first-order chi connectivity index (χ1) is 10.6. The first kappa shape index (κ1) is 18.4. The molecule has 0 amide bonds. The lowest BCUT2D eigenvalue weighted by Gasteiger charge is -1.97. The van der Waals surface area contributed by atoms with E-state index in [9.17, 15) is 34.6 Å². The Hall–Kier alpha value is -2.61. The number of nitrogens with one attached hydrogen (secondary N) is 3. The SMILES string of the molecule is O=[N+]([O-])c1cc([N+](=O)[O-])c(Br)cc1Br.O=c1[nH]c(=O)[nH]c(=O)[nH]1. The fourth-order valence-corrected chi connectivity index (χ4v) is 2.49. The number of aromatic amines is 3. The van der Waals surface area contributed by atoms with Crippen LogP contribution in [0.25, 0.3) is 0 Å². The van der Waals surface area contributed by atoms with Gasteiger partial charge in [0.05, 0.1) is 24.9 Å². The lowest BCUT2D eigenvalue weighted by Crippen LogP contribution is -2.34. The highest BCUT2D eigenvalue weighted by atomic mass is 79.9. The molecule has 0 aliphatic rings. The summed E-state index contributed by atoms with van der Waals surface area (Å²) in [7, 11) is 0. The Morgan fingerprint density at radius 1 is 0.739 bits per heavy atom. The van der Waals surface area contributed by atoms with Crippen molar-refractivity contribution in [1.29, 1.82) is 0 Å². The van der Waals surface area contributed by atoms with Gasteiger partial charge in [0.25, 0.3) is 11.4 Å². The molecule has 0 unspecified atom stereocenters. The summed E-state index contributed by atoms with van der Waals surface area (Å²) >= 11 is 5.87. The van der Waals surface area contributed by atoms with E-state index in [1.165, 1.54) is 6.07 Å². The number of nitro groups is 2. The number of rotatable bonds is 2. The summed E-state index contributed by atoms with van der Waals surface area (Å²) in [4.78, 5) is 55.4. The third-order valence-corrected chi connectivity index (χ3v) is 3.36. The van der Waals surface area contributed by atoms with Gasteiger partial charge in [-0.05, 0) is 37.9 Å². The maximum Gasteiger partial charge on any atom is 0.330 e. The molecular weight excluding hydrogens is 450 g/mol. The molecule has 12 nitrogen and oxygen atoms in total. The Morgan fingerprint density at radius 3 is 1.30 bits per heavy atom. The molecule has 0 saturated heterocycles. The standard InChI is InChI=1S/C6H2Br2N2O4.C3H3N3O3/c7-3-1-4(8)6(10(13)14)2-5(3)9(11)12;7-1-4-2(8)6-3(9)5-1/h1-2H;(H3,4,5,6,7,8,9). The summed E-state index contributed by atoms with van der Waals surface area (Å²) in [5, 5.41) is 20.9. The van der Waals surface area contributed by atoms with E-state index >= 15 is 0 Å². The molecule has 0 saturated carbocycles. The second kappa shape index (κ2) is 7.59. The molecule has 2 aromatic rings. The van der Waals surface area contributed by atoms with Crippen LogP contribution < -0.4 is 17.1 Å². The van der Waals surface area contributed by atoms with Crippen molar-refractivity contribution in [2.75, 3.05) is 0 Å². The number of hydrogen-bond donors (Lipinski definition) is 3. The average Bonchev–Trinajstić information content (AvgIpc) is 2.36. The molecule has 0 fully saturated rings. The minimum atomic E-state index is -0.802. The van der Waals surface area contributed by atoms with Crippen molar-refractivity contribution in [2.45, 2.75) is 0 Å². The number of nitro benzene ring substituents is 2. The van der Waals surface area contributed by atoms with Crippen LogP contribution in [0.15, 0.2) is 35.5 Å². The zero-order valence-electron chi connectivity index (χ0n) is 10.7. The monoisotopic (exact) mass is 453 g/mol. The molecule has 2 rings (SSSR count). The van der Waals surface area contributed by atoms with Crippen LogP contribution in [0.2, 0.25) is 0 Å². The van der Waals surface area contributed by atoms with Gasteiger partial charge in [0.2, 0.25) is 0 Å². The number of hydrogen-bond acceptors (Lipinski definition) is 7. The largest absolute Gasteiger partial charge is 0.330 e. The third-order valence-electron chi connectivity index (χ3n) is 2.09. The third kappa shape index (κ3) is 5.26. The van der Waals surface area contributed by atoms with Crippen molar-refractivity contribution in [3.05, 3.63) is 72.8 Å². The summed E-state index contributed by atoms with van der Waals surface area (Å²) in [6, 6.07) is 2.17. The van der Waals surface area contributed by atoms with E-state index in [-0.39, 0.29) is 20.3 Å². The van der Waals surface area contributed by atoms with E-state index in [0.717, 1.165) is 6.07 Å². The summed E-state index contributed by atoms with van der Waals surface area (Å²) < 4.78 is 0.389. The van der Waals surface area contributed by atoms with E-state index in [1.807, 2.05) is 0 Å². The van der Waals surface area contributed by atoms with Crippen LogP contribution in [0.1, 0.15) is 0 Å². The Labute approximate surface area is 141 Å². The van der Waals surface area contributed by atoms with E-state index < -0.39 is 26.9 Å². The van der Waals surface area contributed by atoms with E-state index in [0.29, 0.717) is 0 Å². The van der Waals surface area contributed by atoms with Crippen LogP contribution >= 0.6 is 31.9 Å². The van der Waals surface area contributed by atoms with Crippen molar-refractivity contribution in [1.82, 2.24) is 15.0 Å². The summed E-state index contributed by atoms with van der Waals surface area (Å²) in [5.41, 5.74) is -3.07. The summed E-state index contributed by atoms with van der Waals surface area (Å²) in [6.45, 7) is 0. The minimum Gasteiger partial charge on any atom is -0.259 e. The molecule has 1 aromatic heterocycles. The Bertz CT molecular complexity index is 817. The van der Waals surface area contributed by atoms with Gasteiger partial charge in [-0.3, -0.25) is 35.2 Å². The molecule has 0 bridgehead atoms. The van der Waals surface area contributed by atoms with Crippen molar-refractivity contribution in [3.63, 3.8) is 0 Å². The second-order valence-corrected chi connectivity index (χ2v) is 5.34. The van der Waals surface area contributed by atoms with Gasteiger partial charge in [-0.2, -0.15) is 0 Å². The lowest BCUT2D eigenvalue weighted by atomic mass is 10.3. The predicted molar refractivity (Wildman–Crippen MR) is 83.5 cm³/mol. The number of H-pyrrole nitrogens is 3. The van der Waals surface area contributed by atoms with Gasteiger partial charge in [-0.15, -0.1) is 0 Å². The number of benzene rings is 1. The van der Waals surface area contributed by atoms with Crippen LogP contribution in [-0.2, 0) is 0 Å². The molecule has 1 aromatic carbocycles. The van der Waals surface area contributed by atoms with Crippen molar-refractivity contribution < 1.29 is 9.85 Å². The van der Waals surface area contributed by atoms with Crippen LogP contribution in [0, 0.1) is 20.2 Å². The maximum absolute atomic E-state index is 10.4. The van der Waals surface area contributed by atoms with Gasteiger partial charge in [-0.1, -0.05) is 0 Å². The molecule has 1 heterocycles. The average molecular weight is 455 g/mol. The van der Waals surface area contributed by atoms with Gasteiger partial charge >= 0.3 is 17.1 Å². The number of aromatic nitrogens is 3. The molecule has 0 aliphatic carbocycles. The molecule has 23 heavy (non-hydrogen) atoms. The highest BCUT2D eigenvalue weighted by Gasteiger charge is 2.21. The molecule has 0 radical (unpaired) electrons. The molecule has 0 spiro atoms. The second-order valence-electron chi connectivity index (χ2n) is 3.63. The smallest absolute Gasteiger partial charge is 0.259 e. The van der Waals surface area contributed by atoms with E-state index in [4.69, 9.17) is 0 Å². The summed E-state index contributed by atoms with van der Waals surface area (Å²) in [5.74, 6) is 0. The van der Waals surface area contributed by atoms with Crippen LogP contribution in [0.4, 0.5) is 11.4 Å². The van der Waals surface area contributed by atoms with Crippen LogP contribution in [-0.4, -0.2) is 24.8 Å². The molecule has 3 N–H and O–H groups in total. The van der Waals surface area contributed by atoms with E-state index in [2.05, 4.69) is 31.9 Å². The first-order valence-corrected chi connectivity index (χ1v) is 6.91. The number of nitrogens with zero attached hydrogens (tertiary/aromatic N) is 2. The fraction of sp³-hybridized carbons (Fsp3) is 0. The van der Waals surface area contributed by atoms with Crippen LogP contribution in [0.5, 0.6) is 0 Å². The predicted octanol–water partition coefficient (Wildman–Crippen LogP) is 0.779. The highest BCUT2D eigenvalue weighted by molar-refractivity contribution is 9.11. The summed E-state index contributed by atoms with van der Waals surface area (Å²) in [6.07, 6.45) is 0. The molecule has 0 atom stereocenters. The molecule has 122 valence electrons. The van der Waals surface area contributed by atoms with E-state index in [1.54, 1.807) is 15.0 Å². The molecule has 14 heteroatoms. The van der Waals surface area contributed by atoms with Gasteiger partial charge in [0.1, 0.15) is 0 Å².